The van der Waals surface area contributed by atoms with Crippen LogP contribution in [0.2, 0.25) is 0 Å². The quantitative estimate of drug-likeness (QED) is 0.428. The third kappa shape index (κ3) is 5.60. The second-order valence-electron chi connectivity index (χ2n) is 6.22. The Hall–Kier alpha value is -3.29. The van der Waals surface area contributed by atoms with Gasteiger partial charge in [0, 0.05) is 12.1 Å². The van der Waals surface area contributed by atoms with Crippen molar-refractivity contribution in [2.45, 2.75) is 32.9 Å². The molecule has 27 heavy (non-hydrogen) atoms. The molecule has 2 rings (SSSR count). The summed E-state index contributed by atoms with van der Waals surface area (Å²) in [6.45, 7) is 5.89. The first-order chi connectivity index (χ1) is 12.8. The minimum absolute atomic E-state index is 0.152. The van der Waals surface area contributed by atoms with Crippen molar-refractivity contribution in [2.75, 3.05) is 12.4 Å². The molecular weight excluding hydrogens is 350 g/mol. The Morgan fingerprint density at radius 1 is 1.11 bits per heavy atom. The van der Waals surface area contributed by atoms with Crippen LogP contribution in [0.1, 0.15) is 32.3 Å². The summed E-state index contributed by atoms with van der Waals surface area (Å²) in [6.07, 6.45) is -0.611. The van der Waals surface area contributed by atoms with Gasteiger partial charge in [-0.3, -0.25) is 10.1 Å². The topological polar surface area (TPSA) is 103 Å². The van der Waals surface area contributed by atoms with Crippen LogP contribution in [0.3, 0.4) is 0 Å². The predicted molar refractivity (Wildman–Crippen MR) is 102 cm³/mol. The molecule has 0 radical (unpaired) electrons. The number of hydrogen-bond acceptors (Lipinski definition) is 5. The van der Waals surface area contributed by atoms with E-state index in [1.54, 1.807) is 6.92 Å². The first-order valence-electron chi connectivity index (χ1n) is 8.46. The molecule has 0 saturated heterocycles. The molecule has 0 saturated carbocycles. The summed E-state index contributed by atoms with van der Waals surface area (Å²) in [4.78, 5) is 22.5. The first kappa shape index (κ1) is 20.0. The number of nitro benzene ring substituents is 1. The molecule has 2 N–H and O–H groups in total. The molecule has 1 atom stereocenters. The molecule has 0 aliphatic carbocycles. The van der Waals surface area contributed by atoms with Gasteiger partial charge in [0.2, 0.25) is 0 Å². The molecule has 0 bridgehead atoms. The molecule has 0 aliphatic rings. The van der Waals surface area contributed by atoms with Gasteiger partial charge in [-0.2, -0.15) is 0 Å². The molecule has 8 nitrogen and oxygen atoms in total. The van der Waals surface area contributed by atoms with E-state index in [4.69, 9.17) is 9.47 Å². The SMILES string of the molecule is COc1ccc([N+](=O)[O-])cc1NC(=O)NC(C)Oc1ccc(C(C)C)cc1. The molecule has 8 heteroatoms. The highest BCUT2D eigenvalue weighted by atomic mass is 16.6. The largest absolute Gasteiger partial charge is 0.495 e. The zero-order valence-electron chi connectivity index (χ0n) is 15.7. The van der Waals surface area contributed by atoms with Gasteiger partial charge in [0.05, 0.1) is 17.7 Å². The number of ether oxygens (including phenoxy) is 2. The van der Waals surface area contributed by atoms with Crippen molar-refractivity contribution in [2.24, 2.45) is 0 Å². The monoisotopic (exact) mass is 373 g/mol. The van der Waals surface area contributed by atoms with Crippen LogP contribution in [0.25, 0.3) is 0 Å². The number of benzene rings is 2. The number of carbonyl (C=O) groups is 1. The van der Waals surface area contributed by atoms with Crippen molar-refractivity contribution in [1.82, 2.24) is 5.32 Å². The lowest BCUT2D eigenvalue weighted by molar-refractivity contribution is -0.384. The lowest BCUT2D eigenvalue weighted by Crippen LogP contribution is -2.39. The fourth-order valence-corrected chi connectivity index (χ4v) is 2.42. The minimum atomic E-state index is -0.611. The number of amides is 2. The van der Waals surface area contributed by atoms with E-state index < -0.39 is 17.2 Å². The van der Waals surface area contributed by atoms with E-state index in [0.717, 1.165) is 0 Å². The molecule has 1 unspecified atom stereocenters. The van der Waals surface area contributed by atoms with Crippen LogP contribution in [0.5, 0.6) is 11.5 Å². The minimum Gasteiger partial charge on any atom is -0.495 e. The van der Waals surface area contributed by atoms with Crippen LogP contribution in [0.15, 0.2) is 42.5 Å². The van der Waals surface area contributed by atoms with Gasteiger partial charge in [-0.1, -0.05) is 26.0 Å². The maximum Gasteiger partial charge on any atom is 0.322 e. The van der Waals surface area contributed by atoms with E-state index in [1.807, 2.05) is 24.3 Å². The second kappa shape index (κ2) is 8.88. The molecule has 2 aromatic rings. The maximum atomic E-state index is 12.2. The highest BCUT2D eigenvalue weighted by Crippen LogP contribution is 2.28. The number of carbonyl (C=O) groups excluding carboxylic acids is 1. The van der Waals surface area contributed by atoms with Gasteiger partial charge in [0.1, 0.15) is 11.5 Å². The molecule has 0 aliphatic heterocycles. The summed E-state index contributed by atoms with van der Waals surface area (Å²) in [5.74, 6) is 1.36. The third-order valence-corrected chi connectivity index (χ3v) is 3.84. The standard InChI is InChI=1S/C19H23N3O5/c1-12(2)14-5-8-16(9-6-14)27-13(3)20-19(23)21-17-11-15(22(24)25)7-10-18(17)26-4/h5-13H,1-4H3,(H2,20,21,23). The third-order valence-electron chi connectivity index (χ3n) is 3.84. The summed E-state index contributed by atoms with van der Waals surface area (Å²) in [5.41, 5.74) is 1.23. The van der Waals surface area contributed by atoms with Crippen LogP contribution < -0.4 is 20.1 Å². The summed E-state index contributed by atoms with van der Waals surface area (Å²) >= 11 is 0. The van der Waals surface area contributed by atoms with Crippen LogP contribution in [-0.2, 0) is 0 Å². The average molecular weight is 373 g/mol. The van der Waals surface area contributed by atoms with E-state index in [1.165, 1.54) is 30.9 Å². The van der Waals surface area contributed by atoms with Crippen molar-refractivity contribution < 1.29 is 19.2 Å². The van der Waals surface area contributed by atoms with Gasteiger partial charge in [0.25, 0.3) is 5.69 Å². The molecular formula is C19H23N3O5. The van der Waals surface area contributed by atoms with Crippen molar-refractivity contribution >= 4 is 17.4 Å². The molecule has 0 spiro atoms. The van der Waals surface area contributed by atoms with Crippen molar-refractivity contribution in [3.8, 4) is 11.5 Å². The first-order valence-corrected chi connectivity index (χ1v) is 8.46. The molecule has 2 amide bonds. The molecule has 0 aromatic heterocycles. The number of rotatable bonds is 7. The van der Waals surface area contributed by atoms with Gasteiger partial charge < -0.3 is 20.1 Å². The normalized spacial score (nSPS) is 11.6. The Morgan fingerprint density at radius 3 is 2.33 bits per heavy atom. The van der Waals surface area contributed by atoms with Gasteiger partial charge in [0.15, 0.2) is 6.23 Å². The fourth-order valence-electron chi connectivity index (χ4n) is 2.42. The highest BCUT2D eigenvalue weighted by Gasteiger charge is 2.15. The maximum absolute atomic E-state index is 12.2. The van der Waals surface area contributed by atoms with Crippen LogP contribution in [0.4, 0.5) is 16.2 Å². The fraction of sp³-hybridized carbons (Fsp3) is 0.316. The Morgan fingerprint density at radius 2 is 1.78 bits per heavy atom. The van der Waals surface area contributed by atoms with Crippen LogP contribution in [-0.4, -0.2) is 24.3 Å². The van der Waals surface area contributed by atoms with Gasteiger partial charge in [-0.15, -0.1) is 0 Å². The number of nitrogens with one attached hydrogen (secondary N) is 2. The number of urea groups is 1. The smallest absolute Gasteiger partial charge is 0.322 e. The summed E-state index contributed by atoms with van der Waals surface area (Å²) in [7, 11) is 1.41. The molecule has 0 fully saturated rings. The van der Waals surface area contributed by atoms with Crippen molar-refractivity contribution in [3.05, 3.63) is 58.1 Å². The van der Waals surface area contributed by atoms with E-state index in [2.05, 4.69) is 24.5 Å². The van der Waals surface area contributed by atoms with Gasteiger partial charge in [-0.25, -0.2) is 4.79 Å². The predicted octanol–water partition coefficient (Wildman–Crippen LogP) is 4.27. The van der Waals surface area contributed by atoms with Crippen LogP contribution >= 0.6 is 0 Å². The molecule has 2 aromatic carbocycles. The number of nitro groups is 1. The highest BCUT2D eigenvalue weighted by molar-refractivity contribution is 5.91. The van der Waals surface area contributed by atoms with E-state index in [0.29, 0.717) is 17.4 Å². The Labute approximate surface area is 157 Å². The van der Waals surface area contributed by atoms with E-state index in [-0.39, 0.29) is 11.4 Å². The number of nitrogens with zero attached hydrogens (tertiary/aromatic N) is 1. The van der Waals surface area contributed by atoms with Crippen molar-refractivity contribution in [3.63, 3.8) is 0 Å². The van der Waals surface area contributed by atoms with Crippen molar-refractivity contribution in [1.29, 1.82) is 0 Å². The van der Waals surface area contributed by atoms with Gasteiger partial charge in [-0.05, 0) is 36.6 Å². The Kier molecular flexibility index (Phi) is 6.59. The van der Waals surface area contributed by atoms with Crippen LogP contribution in [0, 0.1) is 10.1 Å². The van der Waals surface area contributed by atoms with E-state index >= 15 is 0 Å². The molecule has 0 heterocycles. The zero-order valence-corrected chi connectivity index (χ0v) is 15.7. The van der Waals surface area contributed by atoms with Gasteiger partial charge >= 0.3 is 6.03 Å². The second-order valence-corrected chi connectivity index (χ2v) is 6.22. The zero-order chi connectivity index (χ0) is 20.0. The number of anilines is 1. The number of hydrogen-bond donors (Lipinski definition) is 2. The summed E-state index contributed by atoms with van der Waals surface area (Å²) in [6, 6.07) is 11.0. The number of methoxy groups -OCH3 is 1. The Bertz CT molecular complexity index is 805. The van der Waals surface area contributed by atoms with E-state index in [9.17, 15) is 14.9 Å². The summed E-state index contributed by atoms with van der Waals surface area (Å²) < 4.78 is 10.8. The molecule has 144 valence electrons. The summed E-state index contributed by atoms with van der Waals surface area (Å²) in [5, 5.41) is 16.1. The lowest BCUT2D eigenvalue weighted by Gasteiger charge is -2.18. The number of non-ortho nitro benzene ring substituents is 1. The Balaban J connectivity index is 1.98. The lowest BCUT2D eigenvalue weighted by atomic mass is 10.0. The average Bonchev–Trinajstić information content (AvgIpc) is 2.61.